The van der Waals surface area contributed by atoms with Crippen molar-refractivity contribution in [1.29, 1.82) is 0 Å². The maximum absolute atomic E-state index is 13.5. The molecule has 1 amide bonds. The zero-order chi connectivity index (χ0) is 23.0. The van der Waals surface area contributed by atoms with Gasteiger partial charge in [0.2, 0.25) is 0 Å². The van der Waals surface area contributed by atoms with Crippen molar-refractivity contribution in [1.82, 2.24) is 0 Å². The molecular weight excluding hydrogens is 448 g/mol. The van der Waals surface area contributed by atoms with Gasteiger partial charge in [-0.05, 0) is 75.8 Å². The average molecular weight is 472 g/mol. The smallest absolute Gasteiger partial charge is 0.255 e. The number of carbonyl (C=O) groups excluding carboxylic acids is 1. The third-order valence-corrected chi connectivity index (χ3v) is 9.11. The van der Waals surface area contributed by atoms with Crippen LogP contribution in [0.2, 0.25) is 5.02 Å². The van der Waals surface area contributed by atoms with E-state index < -0.39 is 38.2 Å². The van der Waals surface area contributed by atoms with E-state index in [0.717, 1.165) is 12.1 Å². The van der Waals surface area contributed by atoms with Crippen LogP contribution < -0.4 is 5.32 Å². The Kier molecular flexibility index (Phi) is 6.74. The number of carbonyl (C=O) groups is 1. The van der Waals surface area contributed by atoms with Crippen molar-refractivity contribution in [2.45, 2.75) is 55.3 Å². The normalized spacial score (nSPS) is 19.8. The molecule has 0 bridgehead atoms. The number of anilines is 1. The molecule has 2 N–H and O–H groups in total. The Balaban J connectivity index is 1.90. The van der Waals surface area contributed by atoms with E-state index in [0.29, 0.717) is 25.7 Å². The molecule has 0 saturated heterocycles. The molecule has 9 heteroatoms. The minimum absolute atomic E-state index is 0.00621. The van der Waals surface area contributed by atoms with Crippen molar-refractivity contribution in [3.63, 3.8) is 0 Å². The maximum Gasteiger partial charge on any atom is 0.255 e. The molecule has 3 rings (SSSR count). The molecule has 0 heterocycles. The molecule has 31 heavy (non-hydrogen) atoms. The standard InChI is InChI=1S/C22H24ClF2NO4S/c1-22(2,14-4-7-16(27)8-5-14)31(29,30)20-11-13(3-9-17(20)23)21(28)26-15-6-10-18(24)19(25)12-15/h3,6,9-12,14,16,27H,4-5,7-8H2,1-2H3,(H,26,28)/t14-,16+. The number of aliphatic hydroxyl groups excluding tert-OH is 1. The summed E-state index contributed by atoms with van der Waals surface area (Å²) >= 11 is 6.21. The van der Waals surface area contributed by atoms with E-state index in [9.17, 15) is 27.1 Å². The van der Waals surface area contributed by atoms with Crippen molar-refractivity contribution in [3.8, 4) is 0 Å². The van der Waals surface area contributed by atoms with Gasteiger partial charge in [-0.15, -0.1) is 0 Å². The number of hydrogen-bond acceptors (Lipinski definition) is 4. The van der Waals surface area contributed by atoms with Crippen LogP contribution in [0.4, 0.5) is 14.5 Å². The Labute approximate surface area is 185 Å². The van der Waals surface area contributed by atoms with Crippen LogP contribution in [0.15, 0.2) is 41.3 Å². The highest BCUT2D eigenvalue weighted by molar-refractivity contribution is 7.93. The lowest BCUT2D eigenvalue weighted by atomic mass is 9.80. The van der Waals surface area contributed by atoms with Gasteiger partial charge in [-0.25, -0.2) is 17.2 Å². The van der Waals surface area contributed by atoms with Crippen LogP contribution in [-0.2, 0) is 9.84 Å². The Morgan fingerprint density at radius 2 is 1.71 bits per heavy atom. The lowest BCUT2D eigenvalue weighted by Crippen LogP contribution is -2.42. The van der Waals surface area contributed by atoms with Crippen LogP contribution in [0.5, 0.6) is 0 Å². The Morgan fingerprint density at radius 3 is 2.32 bits per heavy atom. The van der Waals surface area contributed by atoms with Crippen LogP contribution in [0.25, 0.3) is 0 Å². The third-order valence-electron chi connectivity index (χ3n) is 6.03. The second-order valence-corrected chi connectivity index (χ2v) is 11.2. The van der Waals surface area contributed by atoms with Crippen LogP contribution in [-0.4, -0.2) is 30.3 Å². The lowest BCUT2D eigenvalue weighted by molar-refractivity contribution is 0.0996. The number of sulfone groups is 1. The molecule has 0 aromatic heterocycles. The lowest BCUT2D eigenvalue weighted by Gasteiger charge is -2.37. The number of benzene rings is 2. The van der Waals surface area contributed by atoms with Gasteiger partial charge in [-0.2, -0.15) is 0 Å². The molecular formula is C22H24ClF2NO4S. The first-order valence-corrected chi connectivity index (χ1v) is 11.8. The third kappa shape index (κ3) is 4.76. The Morgan fingerprint density at radius 1 is 1.06 bits per heavy atom. The molecule has 0 radical (unpaired) electrons. The highest BCUT2D eigenvalue weighted by atomic mass is 35.5. The van der Waals surface area contributed by atoms with Crippen LogP contribution in [0, 0.1) is 17.6 Å². The quantitative estimate of drug-likeness (QED) is 0.644. The predicted molar refractivity (Wildman–Crippen MR) is 115 cm³/mol. The molecule has 0 aliphatic heterocycles. The van der Waals surface area contributed by atoms with E-state index in [1.807, 2.05) is 0 Å². The predicted octanol–water partition coefficient (Wildman–Crippen LogP) is 4.97. The molecule has 1 aliphatic rings. The number of rotatable bonds is 5. The fourth-order valence-corrected chi connectivity index (χ4v) is 6.17. The summed E-state index contributed by atoms with van der Waals surface area (Å²) in [6.07, 6.45) is 1.80. The van der Waals surface area contributed by atoms with Gasteiger partial charge in [-0.1, -0.05) is 11.6 Å². The minimum Gasteiger partial charge on any atom is -0.393 e. The van der Waals surface area contributed by atoms with E-state index in [2.05, 4.69) is 5.32 Å². The number of nitrogens with one attached hydrogen (secondary N) is 1. The zero-order valence-corrected chi connectivity index (χ0v) is 18.7. The fourth-order valence-electron chi connectivity index (χ4n) is 3.90. The van der Waals surface area contributed by atoms with Gasteiger partial charge in [0, 0.05) is 17.3 Å². The topological polar surface area (TPSA) is 83.5 Å². The molecule has 0 atom stereocenters. The molecule has 5 nitrogen and oxygen atoms in total. The summed E-state index contributed by atoms with van der Waals surface area (Å²) in [7, 11) is -3.93. The van der Waals surface area contributed by atoms with E-state index in [-0.39, 0.29) is 27.1 Å². The second-order valence-electron chi connectivity index (χ2n) is 8.34. The second kappa shape index (κ2) is 8.84. The maximum atomic E-state index is 13.5. The van der Waals surface area contributed by atoms with Gasteiger partial charge in [0.25, 0.3) is 5.91 Å². The van der Waals surface area contributed by atoms with Crippen molar-refractivity contribution in [2.75, 3.05) is 5.32 Å². The number of amides is 1. The first-order valence-electron chi connectivity index (χ1n) is 9.92. The first kappa shape index (κ1) is 23.6. The van der Waals surface area contributed by atoms with Crippen molar-refractivity contribution >= 4 is 33.0 Å². The van der Waals surface area contributed by atoms with Gasteiger partial charge in [0.1, 0.15) is 0 Å². The highest BCUT2D eigenvalue weighted by Gasteiger charge is 2.44. The minimum atomic E-state index is -3.93. The summed E-state index contributed by atoms with van der Waals surface area (Å²) < 4.78 is 52.3. The summed E-state index contributed by atoms with van der Waals surface area (Å²) in [4.78, 5) is 12.4. The van der Waals surface area contributed by atoms with Gasteiger partial charge in [0.05, 0.1) is 20.8 Å². The highest BCUT2D eigenvalue weighted by Crippen LogP contribution is 2.42. The molecule has 2 aromatic rings. The zero-order valence-electron chi connectivity index (χ0n) is 17.2. The van der Waals surface area contributed by atoms with Crippen LogP contribution in [0.1, 0.15) is 49.9 Å². The first-order chi connectivity index (χ1) is 14.4. The van der Waals surface area contributed by atoms with Gasteiger partial charge < -0.3 is 10.4 Å². The van der Waals surface area contributed by atoms with Gasteiger partial charge in [-0.3, -0.25) is 4.79 Å². The SMILES string of the molecule is CC(C)([C@H]1CC[C@@H](O)CC1)S(=O)(=O)c1cc(C(=O)Nc2ccc(F)c(F)c2)ccc1Cl. The summed E-state index contributed by atoms with van der Waals surface area (Å²) in [5, 5.41) is 12.2. The molecule has 1 fully saturated rings. The molecule has 2 aromatic carbocycles. The van der Waals surface area contributed by atoms with E-state index >= 15 is 0 Å². The van der Waals surface area contributed by atoms with E-state index in [1.54, 1.807) is 13.8 Å². The fraction of sp³-hybridized carbons (Fsp3) is 0.409. The Hall–Kier alpha value is -2.03. The molecule has 168 valence electrons. The van der Waals surface area contributed by atoms with E-state index in [4.69, 9.17) is 11.6 Å². The monoisotopic (exact) mass is 471 g/mol. The largest absolute Gasteiger partial charge is 0.393 e. The Bertz CT molecular complexity index is 1100. The van der Waals surface area contributed by atoms with Crippen molar-refractivity contribution < 1.29 is 27.1 Å². The molecule has 1 aliphatic carbocycles. The van der Waals surface area contributed by atoms with Gasteiger partial charge in [0.15, 0.2) is 21.5 Å². The van der Waals surface area contributed by atoms with Crippen LogP contribution in [0.3, 0.4) is 0 Å². The summed E-state index contributed by atoms with van der Waals surface area (Å²) in [6, 6.07) is 6.81. The van der Waals surface area contributed by atoms with Crippen LogP contribution >= 0.6 is 11.6 Å². The average Bonchev–Trinajstić information content (AvgIpc) is 2.71. The van der Waals surface area contributed by atoms with Gasteiger partial charge >= 0.3 is 0 Å². The summed E-state index contributed by atoms with van der Waals surface area (Å²) in [6.45, 7) is 3.27. The molecule has 0 unspecified atom stereocenters. The van der Waals surface area contributed by atoms with E-state index in [1.165, 1.54) is 24.3 Å². The number of hydrogen-bond donors (Lipinski definition) is 2. The molecule has 0 spiro atoms. The summed E-state index contributed by atoms with van der Waals surface area (Å²) in [5.74, 6) is -3.01. The van der Waals surface area contributed by atoms with Crippen molar-refractivity contribution in [3.05, 3.63) is 58.6 Å². The number of halogens is 3. The summed E-state index contributed by atoms with van der Waals surface area (Å²) in [5.41, 5.74) is 0.0481. The van der Waals surface area contributed by atoms with Crippen molar-refractivity contribution in [2.24, 2.45) is 5.92 Å². The molecule has 1 saturated carbocycles. The number of aliphatic hydroxyl groups is 1.